The van der Waals surface area contributed by atoms with Gasteiger partial charge in [0.15, 0.2) is 5.96 Å². The maximum Gasteiger partial charge on any atom is 0.416 e. The number of ether oxygens (including phenoxy) is 1. The van der Waals surface area contributed by atoms with E-state index >= 15 is 0 Å². The van der Waals surface area contributed by atoms with Crippen LogP contribution in [0.1, 0.15) is 24.1 Å². The number of rotatable bonds is 7. The minimum absolute atomic E-state index is 0. The van der Waals surface area contributed by atoms with E-state index in [1.165, 1.54) is 0 Å². The second-order valence-electron chi connectivity index (χ2n) is 6.17. The van der Waals surface area contributed by atoms with Crippen molar-refractivity contribution in [2.45, 2.75) is 19.1 Å². The molecule has 9 heteroatoms. The first-order chi connectivity index (χ1) is 13.0. The Bertz CT molecular complexity index is 617. The third kappa shape index (κ3) is 7.59. The zero-order valence-corrected chi connectivity index (χ0v) is 18.3. The van der Waals surface area contributed by atoms with Crippen LogP contribution in [0.3, 0.4) is 0 Å². The number of nitrogens with one attached hydrogen (secondary N) is 2. The minimum atomic E-state index is -4.34. The molecule has 1 fully saturated rings. The van der Waals surface area contributed by atoms with Gasteiger partial charge in [-0.05, 0) is 24.6 Å². The molecule has 0 radical (unpaired) electrons. The summed E-state index contributed by atoms with van der Waals surface area (Å²) in [6.07, 6.45) is -2.60. The molecule has 1 aliphatic heterocycles. The number of morpholine rings is 1. The van der Waals surface area contributed by atoms with Crippen LogP contribution in [-0.2, 0) is 10.9 Å². The molecule has 28 heavy (non-hydrogen) atoms. The van der Waals surface area contributed by atoms with Crippen molar-refractivity contribution in [3.8, 4) is 0 Å². The maximum absolute atomic E-state index is 12.9. The predicted molar refractivity (Wildman–Crippen MR) is 116 cm³/mol. The molecule has 5 nitrogen and oxygen atoms in total. The predicted octanol–water partition coefficient (Wildman–Crippen LogP) is 3.44. The minimum Gasteiger partial charge on any atom is -0.379 e. The van der Waals surface area contributed by atoms with E-state index in [0.717, 1.165) is 30.8 Å². The van der Waals surface area contributed by atoms with Crippen LogP contribution in [-0.4, -0.2) is 56.8 Å². The molecule has 0 saturated carbocycles. The summed E-state index contributed by atoms with van der Waals surface area (Å²) in [6, 6.07) is 5.24. The molecular formula is C19H28F3IN4O. The van der Waals surface area contributed by atoms with E-state index in [1.807, 2.05) is 6.92 Å². The lowest BCUT2D eigenvalue weighted by molar-refractivity contribution is -0.137. The van der Waals surface area contributed by atoms with E-state index < -0.39 is 11.7 Å². The molecule has 0 aliphatic carbocycles. The number of alkyl halides is 3. The van der Waals surface area contributed by atoms with Crippen LogP contribution in [0.15, 0.2) is 41.9 Å². The standard InChI is InChI=1S/C19H27F3N4O.HI/c1-3-9-24-18(23-4-2)25-14-17(26-10-12-27-13-11-26)15-5-7-16(8-6-15)19(20,21)22;/h3,5-8,17H,1,4,9-14H2,2H3,(H2,23,24,25);1H. The van der Waals surface area contributed by atoms with Crippen LogP contribution < -0.4 is 10.6 Å². The van der Waals surface area contributed by atoms with Crippen LogP contribution in [0.2, 0.25) is 0 Å². The van der Waals surface area contributed by atoms with Crippen molar-refractivity contribution >= 4 is 29.9 Å². The molecule has 0 amide bonds. The zero-order chi connectivity index (χ0) is 19.7. The second-order valence-corrected chi connectivity index (χ2v) is 6.17. The van der Waals surface area contributed by atoms with Gasteiger partial charge in [0, 0.05) is 26.2 Å². The Morgan fingerprint density at radius 2 is 1.89 bits per heavy atom. The van der Waals surface area contributed by atoms with Crippen molar-refractivity contribution in [1.29, 1.82) is 0 Å². The Morgan fingerprint density at radius 3 is 2.43 bits per heavy atom. The van der Waals surface area contributed by atoms with Crippen LogP contribution in [0.5, 0.6) is 0 Å². The fourth-order valence-corrected chi connectivity index (χ4v) is 2.90. The molecule has 1 aromatic carbocycles. The number of guanidine groups is 1. The van der Waals surface area contributed by atoms with Gasteiger partial charge < -0.3 is 15.4 Å². The lowest BCUT2D eigenvalue weighted by atomic mass is 10.0. The molecule has 2 N–H and O–H groups in total. The van der Waals surface area contributed by atoms with Crippen molar-refractivity contribution in [1.82, 2.24) is 15.5 Å². The van der Waals surface area contributed by atoms with Gasteiger partial charge in [-0.15, -0.1) is 30.6 Å². The number of benzene rings is 1. The highest BCUT2D eigenvalue weighted by Gasteiger charge is 2.31. The average Bonchev–Trinajstić information content (AvgIpc) is 2.66. The summed E-state index contributed by atoms with van der Waals surface area (Å²) in [5, 5.41) is 6.29. The average molecular weight is 512 g/mol. The molecule has 1 aromatic rings. The maximum atomic E-state index is 12.9. The molecule has 1 saturated heterocycles. The quantitative estimate of drug-likeness (QED) is 0.255. The highest BCUT2D eigenvalue weighted by atomic mass is 127. The molecule has 0 aromatic heterocycles. The summed E-state index contributed by atoms with van der Waals surface area (Å²) >= 11 is 0. The fourth-order valence-electron chi connectivity index (χ4n) is 2.90. The van der Waals surface area contributed by atoms with E-state index in [2.05, 4.69) is 27.1 Å². The van der Waals surface area contributed by atoms with Crippen molar-refractivity contribution < 1.29 is 17.9 Å². The van der Waals surface area contributed by atoms with Crippen molar-refractivity contribution in [2.24, 2.45) is 4.99 Å². The summed E-state index contributed by atoms with van der Waals surface area (Å²) in [5.41, 5.74) is 0.171. The number of hydrogen-bond acceptors (Lipinski definition) is 3. The van der Waals surface area contributed by atoms with Crippen LogP contribution >= 0.6 is 24.0 Å². The van der Waals surface area contributed by atoms with Crippen LogP contribution in [0.25, 0.3) is 0 Å². The Labute approximate surface area is 181 Å². The number of halogens is 4. The van der Waals surface area contributed by atoms with Gasteiger partial charge in [-0.3, -0.25) is 9.89 Å². The molecule has 0 spiro atoms. The second kappa shape index (κ2) is 12.3. The van der Waals surface area contributed by atoms with E-state index in [-0.39, 0.29) is 30.0 Å². The van der Waals surface area contributed by atoms with Gasteiger partial charge in [-0.2, -0.15) is 13.2 Å². The first kappa shape index (κ1) is 24.7. The van der Waals surface area contributed by atoms with Crippen LogP contribution in [0.4, 0.5) is 13.2 Å². The summed E-state index contributed by atoms with van der Waals surface area (Å²) in [5.74, 6) is 0.655. The van der Waals surface area contributed by atoms with Crippen molar-refractivity contribution in [2.75, 3.05) is 45.9 Å². The monoisotopic (exact) mass is 512 g/mol. The van der Waals surface area contributed by atoms with Gasteiger partial charge in [0.2, 0.25) is 0 Å². The summed E-state index contributed by atoms with van der Waals surface area (Å²) in [6.45, 7) is 10.0. The first-order valence-electron chi connectivity index (χ1n) is 9.07. The van der Waals surface area contributed by atoms with Gasteiger partial charge in [-0.1, -0.05) is 18.2 Å². The topological polar surface area (TPSA) is 48.9 Å². The van der Waals surface area contributed by atoms with Crippen LogP contribution in [0, 0.1) is 0 Å². The number of aliphatic imine (C=N–C) groups is 1. The molecular weight excluding hydrogens is 484 g/mol. The van der Waals surface area contributed by atoms with E-state index in [9.17, 15) is 13.2 Å². The fraction of sp³-hybridized carbons (Fsp3) is 0.526. The van der Waals surface area contributed by atoms with Gasteiger partial charge in [0.25, 0.3) is 0 Å². The lowest BCUT2D eigenvalue weighted by Gasteiger charge is -2.34. The van der Waals surface area contributed by atoms with Gasteiger partial charge in [0.05, 0.1) is 31.4 Å². The van der Waals surface area contributed by atoms with Crippen molar-refractivity contribution in [3.05, 3.63) is 48.0 Å². The van der Waals surface area contributed by atoms with E-state index in [4.69, 9.17) is 4.74 Å². The highest BCUT2D eigenvalue weighted by molar-refractivity contribution is 14.0. The summed E-state index contributed by atoms with van der Waals surface area (Å²) in [4.78, 5) is 6.82. The number of hydrogen-bond donors (Lipinski definition) is 2. The van der Waals surface area contributed by atoms with Gasteiger partial charge in [0.1, 0.15) is 0 Å². The number of nitrogens with zero attached hydrogens (tertiary/aromatic N) is 2. The Hall–Kier alpha value is -1.33. The largest absolute Gasteiger partial charge is 0.416 e. The zero-order valence-electron chi connectivity index (χ0n) is 16.0. The third-order valence-electron chi connectivity index (χ3n) is 4.29. The molecule has 2 rings (SSSR count). The molecule has 1 heterocycles. The summed E-state index contributed by atoms with van der Waals surface area (Å²) < 4.78 is 44.0. The molecule has 1 atom stereocenters. The smallest absolute Gasteiger partial charge is 0.379 e. The third-order valence-corrected chi connectivity index (χ3v) is 4.29. The molecule has 1 unspecified atom stereocenters. The van der Waals surface area contributed by atoms with Gasteiger partial charge in [-0.25, -0.2) is 0 Å². The first-order valence-corrected chi connectivity index (χ1v) is 9.07. The Balaban J connectivity index is 0.00000392. The van der Waals surface area contributed by atoms with Gasteiger partial charge >= 0.3 is 6.18 Å². The lowest BCUT2D eigenvalue weighted by Crippen LogP contribution is -2.41. The molecule has 1 aliphatic rings. The Kier molecular flexibility index (Phi) is 10.8. The summed E-state index contributed by atoms with van der Waals surface area (Å²) in [7, 11) is 0. The van der Waals surface area contributed by atoms with E-state index in [1.54, 1.807) is 18.2 Å². The van der Waals surface area contributed by atoms with E-state index in [0.29, 0.717) is 38.8 Å². The SMILES string of the molecule is C=CCNC(=NCC(c1ccc(C(F)(F)F)cc1)N1CCOCC1)NCC.I. The highest BCUT2D eigenvalue weighted by Crippen LogP contribution is 2.31. The Morgan fingerprint density at radius 1 is 1.25 bits per heavy atom. The molecule has 158 valence electrons. The molecule has 0 bridgehead atoms. The normalized spacial score (nSPS) is 16.8. The van der Waals surface area contributed by atoms with Crippen molar-refractivity contribution in [3.63, 3.8) is 0 Å².